The molecule has 0 saturated carbocycles. The highest BCUT2D eigenvalue weighted by Crippen LogP contribution is 2.12. The van der Waals surface area contributed by atoms with Gasteiger partial charge in [-0.05, 0) is 90.7 Å². The van der Waals surface area contributed by atoms with Gasteiger partial charge in [0.05, 0.1) is 0 Å². The lowest BCUT2D eigenvalue weighted by Gasteiger charge is -2.14. The second-order valence-electron chi connectivity index (χ2n) is 5.42. The highest BCUT2D eigenvalue weighted by molar-refractivity contribution is 14.1. The molecule has 0 fully saturated rings. The average Bonchev–Trinajstić information content (AvgIpc) is 2.48. The molecule has 2 aromatic rings. The van der Waals surface area contributed by atoms with Crippen molar-refractivity contribution < 1.29 is 0 Å². The van der Waals surface area contributed by atoms with Crippen LogP contribution in [0.1, 0.15) is 24.5 Å². The highest BCUT2D eigenvalue weighted by Gasteiger charge is 2.03. The molecule has 0 aromatic heterocycles. The molecule has 0 aliphatic heterocycles. The van der Waals surface area contributed by atoms with E-state index in [1.807, 2.05) is 0 Å². The molecule has 1 N–H and O–H groups in total. The summed E-state index contributed by atoms with van der Waals surface area (Å²) in [4.78, 5) is 0. The van der Waals surface area contributed by atoms with Crippen molar-refractivity contribution in [3.05, 3.63) is 67.7 Å². The topological polar surface area (TPSA) is 12.0 Å². The minimum absolute atomic E-state index is 0.517. The predicted molar refractivity (Wildman–Crippen MR) is 103 cm³/mol. The van der Waals surface area contributed by atoms with Crippen molar-refractivity contribution in [1.82, 2.24) is 5.32 Å². The zero-order chi connectivity index (χ0) is 15.1. The largest absolute Gasteiger partial charge is 0.314 e. The Morgan fingerprint density at radius 1 is 1.00 bits per heavy atom. The molecule has 0 bridgehead atoms. The number of nitrogens with one attached hydrogen (secondary N) is 1. The minimum atomic E-state index is 0.517. The normalized spacial score (nSPS) is 12.3. The van der Waals surface area contributed by atoms with E-state index in [4.69, 9.17) is 0 Å². The SMILES string of the molecule is CC(Cc1ccc(Br)cc1)NCCCc1ccc(I)cc1. The van der Waals surface area contributed by atoms with Gasteiger partial charge in [0.2, 0.25) is 0 Å². The van der Waals surface area contributed by atoms with Crippen LogP contribution in [0, 0.1) is 3.57 Å². The summed E-state index contributed by atoms with van der Waals surface area (Å²) < 4.78 is 2.45. The van der Waals surface area contributed by atoms with Crippen molar-refractivity contribution in [1.29, 1.82) is 0 Å². The Hall–Kier alpha value is -0.390. The van der Waals surface area contributed by atoms with Crippen LogP contribution < -0.4 is 5.32 Å². The summed E-state index contributed by atoms with van der Waals surface area (Å²) in [5, 5.41) is 3.61. The van der Waals surface area contributed by atoms with Crippen LogP contribution in [0.4, 0.5) is 0 Å². The molecule has 0 amide bonds. The Morgan fingerprint density at radius 3 is 2.29 bits per heavy atom. The van der Waals surface area contributed by atoms with Gasteiger partial charge >= 0.3 is 0 Å². The Balaban J connectivity index is 1.66. The zero-order valence-corrected chi connectivity index (χ0v) is 16.0. The lowest BCUT2D eigenvalue weighted by molar-refractivity contribution is 0.534. The maximum atomic E-state index is 3.61. The first-order valence-electron chi connectivity index (χ1n) is 7.36. The number of benzene rings is 2. The maximum Gasteiger partial charge on any atom is 0.0175 e. The van der Waals surface area contributed by atoms with E-state index in [1.165, 1.54) is 21.1 Å². The van der Waals surface area contributed by atoms with E-state index in [-0.39, 0.29) is 0 Å². The molecule has 1 nitrogen and oxygen atoms in total. The fourth-order valence-electron chi connectivity index (χ4n) is 2.34. The van der Waals surface area contributed by atoms with E-state index in [2.05, 4.69) is 99.3 Å². The minimum Gasteiger partial charge on any atom is -0.314 e. The van der Waals surface area contributed by atoms with E-state index in [0.29, 0.717) is 6.04 Å². The zero-order valence-electron chi connectivity index (χ0n) is 12.3. The Bertz CT molecular complexity index is 536. The Kier molecular flexibility index (Phi) is 7.20. The molecule has 1 unspecified atom stereocenters. The summed E-state index contributed by atoms with van der Waals surface area (Å²) in [6.07, 6.45) is 3.41. The molecule has 2 aromatic carbocycles. The summed E-state index contributed by atoms with van der Waals surface area (Å²) in [7, 11) is 0. The van der Waals surface area contributed by atoms with E-state index < -0.39 is 0 Å². The van der Waals surface area contributed by atoms with Gasteiger partial charge in [-0.3, -0.25) is 0 Å². The predicted octanol–water partition coefficient (Wildman–Crippen LogP) is 5.21. The first-order valence-corrected chi connectivity index (χ1v) is 9.23. The van der Waals surface area contributed by atoms with Crippen LogP contribution >= 0.6 is 38.5 Å². The van der Waals surface area contributed by atoms with Gasteiger partial charge in [0, 0.05) is 14.1 Å². The van der Waals surface area contributed by atoms with Crippen LogP contribution in [0.3, 0.4) is 0 Å². The number of aryl methyl sites for hydroxylation is 1. The third-order valence-corrected chi connectivity index (χ3v) is 4.75. The van der Waals surface area contributed by atoms with Crippen LogP contribution in [0.25, 0.3) is 0 Å². The number of halogens is 2. The van der Waals surface area contributed by atoms with Crippen LogP contribution in [-0.2, 0) is 12.8 Å². The van der Waals surface area contributed by atoms with E-state index >= 15 is 0 Å². The summed E-state index contributed by atoms with van der Waals surface area (Å²) in [6.45, 7) is 3.33. The van der Waals surface area contributed by atoms with Crippen molar-refractivity contribution in [2.24, 2.45) is 0 Å². The molecule has 0 saturated heterocycles. The van der Waals surface area contributed by atoms with E-state index in [0.717, 1.165) is 23.9 Å². The first kappa shape index (κ1) is 17.0. The van der Waals surface area contributed by atoms with Crippen molar-refractivity contribution in [3.63, 3.8) is 0 Å². The molecule has 0 heterocycles. The van der Waals surface area contributed by atoms with Crippen molar-refractivity contribution in [3.8, 4) is 0 Å². The van der Waals surface area contributed by atoms with Gasteiger partial charge in [0.15, 0.2) is 0 Å². The molecule has 3 heteroatoms. The molecule has 2 rings (SSSR count). The maximum absolute atomic E-state index is 3.61. The van der Waals surface area contributed by atoms with Gasteiger partial charge in [-0.1, -0.05) is 40.2 Å². The quantitative estimate of drug-likeness (QED) is 0.444. The summed E-state index contributed by atoms with van der Waals surface area (Å²) in [5.74, 6) is 0. The Morgan fingerprint density at radius 2 is 1.62 bits per heavy atom. The second kappa shape index (κ2) is 8.91. The standard InChI is InChI=1S/C18H21BrIN/c1-14(13-16-4-8-17(19)9-5-16)21-12-2-3-15-6-10-18(20)11-7-15/h4-11,14,21H,2-3,12-13H2,1H3. The second-order valence-corrected chi connectivity index (χ2v) is 7.58. The van der Waals surface area contributed by atoms with E-state index in [9.17, 15) is 0 Å². The average molecular weight is 458 g/mol. The van der Waals surface area contributed by atoms with Crippen LogP contribution in [-0.4, -0.2) is 12.6 Å². The van der Waals surface area contributed by atoms with Gasteiger partial charge in [-0.25, -0.2) is 0 Å². The molecule has 0 radical (unpaired) electrons. The first-order chi connectivity index (χ1) is 10.1. The van der Waals surface area contributed by atoms with E-state index in [1.54, 1.807) is 0 Å². The van der Waals surface area contributed by atoms with Gasteiger partial charge in [0.1, 0.15) is 0 Å². The van der Waals surface area contributed by atoms with Gasteiger partial charge in [-0.2, -0.15) is 0 Å². The smallest absolute Gasteiger partial charge is 0.0175 e. The number of hydrogen-bond donors (Lipinski definition) is 1. The van der Waals surface area contributed by atoms with Crippen LogP contribution in [0.5, 0.6) is 0 Å². The highest BCUT2D eigenvalue weighted by atomic mass is 127. The molecular formula is C18H21BrIN. The van der Waals surface area contributed by atoms with Crippen LogP contribution in [0.15, 0.2) is 53.0 Å². The molecule has 1 atom stereocenters. The molecule has 0 aliphatic carbocycles. The summed E-state index contributed by atoms with van der Waals surface area (Å²) >= 11 is 5.82. The number of hydrogen-bond acceptors (Lipinski definition) is 1. The summed E-state index contributed by atoms with van der Waals surface area (Å²) in [6, 6.07) is 17.9. The molecule has 0 spiro atoms. The molecular weight excluding hydrogens is 437 g/mol. The molecule has 21 heavy (non-hydrogen) atoms. The molecule has 0 aliphatic rings. The van der Waals surface area contributed by atoms with Gasteiger partial charge in [-0.15, -0.1) is 0 Å². The third kappa shape index (κ3) is 6.49. The Labute approximate surface area is 149 Å². The third-order valence-electron chi connectivity index (χ3n) is 3.50. The monoisotopic (exact) mass is 457 g/mol. The van der Waals surface area contributed by atoms with Gasteiger partial charge in [0.25, 0.3) is 0 Å². The lowest BCUT2D eigenvalue weighted by atomic mass is 10.1. The fraction of sp³-hybridized carbons (Fsp3) is 0.333. The lowest BCUT2D eigenvalue weighted by Crippen LogP contribution is -2.29. The van der Waals surface area contributed by atoms with Crippen LogP contribution in [0.2, 0.25) is 0 Å². The van der Waals surface area contributed by atoms with Crippen molar-refractivity contribution in [2.45, 2.75) is 32.2 Å². The summed E-state index contributed by atoms with van der Waals surface area (Å²) in [5.41, 5.74) is 2.81. The van der Waals surface area contributed by atoms with Crippen molar-refractivity contribution >= 4 is 38.5 Å². The van der Waals surface area contributed by atoms with Crippen molar-refractivity contribution in [2.75, 3.05) is 6.54 Å². The van der Waals surface area contributed by atoms with Gasteiger partial charge < -0.3 is 5.32 Å². The molecule has 112 valence electrons. The number of rotatable bonds is 7. The fourth-order valence-corrected chi connectivity index (χ4v) is 2.96.